The molecule has 300 valence electrons. The van der Waals surface area contributed by atoms with Crippen LogP contribution < -0.4 is 0 Å². The van der Waals surface area contributed by atoms with Gasteiger partial charge < -0.3 is 18.9 Å². The third-order valence-electron chi connectivity index (χ3n) is 6.69. The van der Waals surface area contributed by atoms with Gasteiger partial charge >= 0.3 is 11.9 Å². The number of thioether (sulfide) groups is 2. The van der Waals surface area contributed by atoms with Gasteiger partial charge in [-0.15, -0.1) is 10.2 Å². The second-order valence-corrected chi connectivity index (χ2v) is 31.4. The fourth-order valence-electron chi connectivity index (χ4n) is 3.66. The molecule has 2 aromatic rings. The Bertz CT molecular complexity index is 1610. The monoisotopic (exact) mass is 846 g/mol. The van der Waals surface area contributed by atoms with E-state index in [2.05, 4.69) is 75.8 Å². The molecule has 2 aromatic heterocycles. The van der Waals surface area contributed by atoms with Gasteiger partial charge in [0.2, 0.25) is 30.0 Å². The molecule has 2 rings (SSSR count). The fourth-order valence-corrected chi connectivity index (χ4v) is 9.26. The number of carbonyl (C=O) groups excluding carboxylic acids is 2. The number of esters is 2. The summed E-state index contributed by atoms with van der Waals surface area (Å²) in [5.41, 5.74) is 0. The fraction of sp³-hybridized carbons (Fsp3) is 0.800. The standard InChI is InChI=1S/C15H29N3O7S2Si.C15H29N3O3S2Si/c1-6-9-27(22,23)15-16-14(26(20,21)10-7-13(19)24-2)17-18(15)12-25-8-11-28(3,4)5;1-6-9-23-15-16-14(22-10-7-13(19)20-2)17-18(15)12-21-8-11-24(3,4)5/h6-12H2,1-5H3;6-12H2,1-5H3. The summed E-state index contributed by atoms with van der Waals surface area (Å²) >= 11 is 3.16. The van der Waals surface area contributed by atoms with Crippen LogP contribution in [-0.4, -0.2) is 125 Å². The molecule has 52 heavy (non-hydrogen) atoms. The predicted octanol–water partition coefficient (Wildman–Crippen LogP) is 4.86. The average molecular weight is 847 g/mol. The Morgan fingerprint density at radius 3 is 1.77 bits per heavy atom. The first kappa shape index (κ1) is 48.2. The lowest BCUT2D eigenvalue weighted by Crippen LogP contribution is -2.23. The molecule has 0 aliphatic rings. The number of hydrogen-bond donors (Lipinski definition) is 0. The second-order valence-electron chi connectivity index (χ2n) is 14.0. The van der Waals surface area contributed by atoms with E-state index in [1.807, 2.05) is 4.68 Å². The summed E-state index contributed by atoms with van der Waals surface area (Å²) < 4.78 is 72.8. The second kappa shape index (κ2) is 23.2. The van der Waals surface area contributed by atoms with Crippen LogP contribution in [-0.2, 0) is 61.7 Å². The molecule has 0 atom stereocenters. The quantitative estimate of drug-likeness (QED) is 0.0600. The van der Waals surface area contributed by atoms with Gasteiger partial charge in [-0.25, -0.2) is 26.2 Å². The van der Waals surface area contributed by atoms with Gasteiger partial charge in [0.1, 0.15) is 13.5 Å². The van der Waals surface area contributed by atoms with Gasteiger partial charge in [0.15, 0.2) is 5.16 Å². The highest BCUT2D eigenvalue weighted by molar-refractivity contribution is 7.99. The van der Waals surface area contributed by atoms with E-state index in [4.69, 9.17) is 9.47 Å². The molecule has 0 spiro atoms. The van der Waals surface area contributed by atoms with Crippen LogP contribution >= 0.6 is 23.5 Å². The number of methoxy groups -OCH3 is 2. The summed E-state index contributed by atoms with van der Waals surface area (Å²) in [6.07, 6.45) is 1.41. The van der Waals surface area contributed by atoms with Crippen LogP contribution in [0.2, 0.25) is 51.4 Å². The summed E-state index contributed by atoms with van der Waals surface area (Å²) in [4.78, 5) is 30.7. The van der Waals surface area contributed by atoms with Gasteiger partial charge in [0.05, 0.1) is 38.6 Å². The van der Waals surface area contributed by atoms with Gasteiger partial charge in [-0.05, 0) is 24.9 Å². The molecular formula is C30H58N6O10S4Si2. The van der Waals surface area contributed by atoms with Gasteiger partial charge in [-0.3, -0.25) is 9.59 Å². The minimum Gasteiger partial charge on any atom is -0.469 e. The Balaban J connectivity index is 0.000000526. The topological polar surface area (TPSA) is 201 Å². The number of nitrogens with zero attached hydrogens (tertiary/aromatic N) is 6. The minimum atomic E-state index is -4.05. The summed E-state index contributed by atoms with van der Waals surface area (Å²) in [7, 11) is -7.74. The number of aromatic nitrogens is 6. The highest BCUT2D eigenvalue weighted by Crippen LogP contribution is 2.23. The van der Waals surface area contributed by atoms with E-state index in [-0.39, 0.29) is 24.9 Å². The maximum Gasteiger partial charge on any atom is 0.306 e. The Morgan fingerprint density at radius 1 is 0.692 bits per heavy atom. The molecule has 0 saturated carbocycles. The summed E-state index contributed by atoms with van der Waals surface area (Å²) in [5, 5.41) is 8.82. The third kappa shape index (κ3) is 19.5. The molecule has 0 aliphatic heterocycles. The largest absolute Gasteiger partial charge is 0.469 e. The Kier molecular flexibility index (Phi) is 21.5. The zero-order chi connectivity index (χ0) is 39.6. The Hall–Kier alpha value is -1.83. The molecular weight excluding hydrogens is 789 g/mol. The maximum atomic E-state index is 12.5. The van der Waals surface area contributed by atoms with Crippen LogP contribution in [0, 0.1) is 0 Å². The normalized spacial score (nSPS) is 12.3. The predicted molar refractivity (Wildman–Crippen MR) is 208 cm³/mol. The van der Waals surface area contributed by atoms with Crippen molar-refractivity contribution in [1.82, 2.24) is 29.5 Å². The molecule has 22 heteroatoms. The van der Waals surface area contributed by atoms with Crippen LogP contribution in [0.15, 0.2) is 20.6 Å². The zero-order valence-corrected chi connectivity index (χ0v) is 37.6. The third-order valence-corrected chi connectivity index (χ3v) is 15.4. The smallest absolute Gasteiger partial charge is 0.306 e. The van der Waals surface area contributed by atoms with Crippen LogP contribution in [0.3, 0.4) is 0 Å². The van der Waals surface area contributed by atoms with E-state index in [0.29, 0.717) is 37.1 Å². The molecule has 0 saturated heterocycles. The van der Waals surface area contributed by atoms with Crippen molar-refractivity contribution in [2.24, 2.45) is 0 Å². The van der Waals surface area contributed by atoms with E-state index in [1.165, 1.54) is 18.9 Å². The van der Waals surface area contributed by atoms with Crippen molar-refractivity contribution in [3.63, 3.8) is 0 Å². The highest BCUT2D eigenvalue weighted by atomic mass is 32.2. The van der Waals surface area contributed by atoms with Crippen LogP contribution in [0.25, 0.3) is 0 Å². The number of carbonyl (C=O) groups is 2. The van der Waals surface area contributed by atoms with Crippen molar-refractivity contribution >= 4 is 71.3 Å². The zero-order valence-electron chi connectivity index (χ0n) is 32.3. The van der Waals surface area contributed by atoms with Crippen LogP contribution in [0.5, 0.6) is 0 Å². The van der Waals surface area contributed by atoms with E-state index in [9.17, 15) is 26.4 Å². The van der Waals surface area contributed by atoms with Crippen molar-refractivity contribution in [1.29, 1.82) is 0 Å². The molecule has 0 aliphatic carbocycles. The van der Waals surface area contributed by atoms with Gasteiger partial charge in [-0.2, -0.15) is 9.97 Å². The first-order valence-corrected chi connectivity index (χ1v) is 29.8. The lowest BCUT2D eigenvalue weighted by molar-refractivity contribution is -0.141. The molecule has 0 bridgehead atoms. The SMILES string of the molecule is CCCS(=O)(=O)c1nc(S(=O)(=O)CCC(=O)OC)nn1COCC[Si](C)(C)C.CCCSc1nc(SCCC(=O)OC)nn1COCC[Si](C)(C)C. The van der Waals surface area contributed by atoms with Gasteiger partial charge in [0, 0.05) is 40.9 Å². The summed E-state index contributed by atoms with van der Waals surface area (Å²) in [5.74, 6) is -0.0608. The molecule has 0 unspecified atom stereocenters. The molecule has 0 N–H and O–H groups in total. The molecule has 0 aromatic carbocycles. The molecule has 16 nitrogen and oxygen atoms in total. The van der Waals surface area contributed by atoms with Crippen LogP contribution in [0.4, 0.5) is 0 Å². The Morgan fingerprint density at radius 2 is 1.25 bits per heavy atom. The molecule has 0 fully saturated rings. The first-order chi connectivity index (χ1) is 24.2. The first-order valence-electron chi connectivity index (χ1n) is 17.1. The lowest BCUT2D eigenvalue weighted by Gasteiger charge is -2.15. The number of sulfone groups is 2. The lowest BCUT2D eigenvalue weighted by atomic mass is 10.5. The average Bonchev–Trinajstić information content (AvgIpc) is 3.67. The van der Waals surface area contributed by atoms with Crippen molar-refractivity contribution in [3.8, 4) is 0 Å². The Labute approximate surface area is 320 Å². The maximum absolute atomic E-state index is 12.5. The highest BCUT2D eigenvalue weighted by Gasteiger charge is 2.29. The molecule has 2 heterocycles. The van der Waals surface area contributed by atoms with E-state index >= 15 is 0 Å². The van der Waals surface area contributed by atoms with Crippen molar-refractivity contribution in [2.45, 2.75) is 125 Å². The van der Waals surface area contributed by atoms with Gasteiger partial charge in [-0.1, -0.05) is 76.7 Å². The molecule has 0 radical (unpaired) electrons. The van der Waals surface area contributed by atoms with E-state index < -0.39 is 57.9 Å². The minimum absolute atomic E-state index is 0.192. The van der Waals surface area contributed by atoms with Crippen LogP contribution in [0.1, 0.15) is 39.5 Å². The van der Waals surface area contributed by atoms with Crippen molar-refractivity contribution in [3.05, 3.63) is 0 Å². The van der Waals surface area contributed by atoms with Gasteiger partial charge in [0.25, 0.3) is 5.16 Å². The summed E-state index contributed by atoms with van der Waals surface area (Å²) in [6.45, 7) is 18.8. The van der Waals surface area contributed by atoms with E-state index in [1.54, 1.807) is 18.7 Å². The number of ether oxygens (including phenoxy) is 4. The summed E-state index contributed by atoms with van der Waals surface area (Å²) in [6, 6.07) is 2.00. The van der Waals surface area contributed by atoms with Crippen molar-refractivity contribution < 1.29 is 45.4 Å². The van der Waals surface area contributed by atoms with E-state index in [0.717, 1.165) is 47.8 Å². The molecule has 0 amide bonds. The van der Waals surface area contributed by atoms with Crippen molar-refractivity contribution in [2.75, 3.05) is 50.4 Å². The number of hydrogen-bond acceptors (Lipinski definition) is 16. The number of rotatable bonds is 24.